The zero-order valence-electron chi connectivity index (χ0n) is 26.0. The number of carbonyl (C=O) groups is 2. The number of rotatable bonds is 13. The first-order valence-electron chi connectivity index (χ1n) is 16.0. The molecule has 2 N–H and O–H groups in total. The molecule has 5 rings (SSSR count). The number of anilines is 1. The van der Waals surface area contributed by atoms with Crippen LogP contribution in [0.2, 0.25) is 0 Å². The molecule has 45 heavy (non-hydrogen) atoms. The summed E-state index contributed by atoms with van der Waals surface area (Å²) in [6.45, 7) is 4.94. The van der Waals surface area contributed by atoms with Crippen molar-refractivity contribution >= 4 is 17.6 Å². The Morgan fingerprint density at radius 3 is 2.38 bits per heavy atom. The number of carbonyl (C=O) groups excluding carboxylic acids is 2. The average molecular weight is 613 g/mol. The van der Waals surface area contributed by atoms with Gasteiger partial charge in [0.25, 0.3) is 0 Å². The van der Waals surface area contributed by atoms with Crippen molar-refractivity contribution in [3.8, 4) is 16.9 Å². The molecular formula is C37H44N2O6. The van der Waals surface area contributed by atoms with Crippen molar-refractivity contribution < 1.29 is 28.9 Å². The summed E-state index contributed by atoms with van der Waals surface area (Å²) in [4.78, 5) is 25.8. The van der Waals surface area contributed by atoms with Gasteiger partial charge in [0.1, 0.15) is 5.75 Å². The van der Waals surface area contributed by atoms with Crippen molar-refractivity contribution in [3.63, 3.8) is 0 Å². The van der Waals surface area contributed by atoms with E-state index in [1.54, 1.807) is 24.3 Å². The number of nitrogens with one attached hydrogen (secondary N) is 1. The summed E-state index contributed by atoms with van der Waals surface area (Å²) in [5, 5.41) is 13.9. The van der Waals surface area contributed by atoms with Crippen LogP contribution >= 0.6 is 0 Å². The van der Waals surface area contributed by atoms with Crippen LogP contribution in [0.15, 0.2) is 91.0 Å². The minimum absolute atomic E-state index is 0.0241. The van der Waals surface area contributed by atoms with Gasteiger partial charge in [-0.25, -0.2) is 0 Å². The lowest BCUT2D eigenvalue weighted by molar-refractivity contribution is -0.134. The van der Waals surface area contributed by atoms with Crippen molar-refractivity contribution in [3.05, 3.63) is 96.6 Å². The lowest BCUT2D eigenvalue weighted by Crippen LogP contribution is -2.50. The van der Waals surface area contributed by atoms with E-state index in [2.05, 4.69) is 58.8 Å². The van der Waals surface area contributed by atoms with Crippen molar-refractivity contribution in [1.29, 1.82) is 0 Å². The van der Waals surface area contributed by atoms with Crippen LogP contribution in [-0.4, -0.2) is 66.4 Å². The molecule has 1 aliphatic heterocycles. The maximum absolute atomic E-state index is 12.3. The van der Waals surface area contributed by atoms with Crippen LogP contribution in [0.3, 0.4) is 0 Å². The SMILES string of the molecule is CC(=O)Nc1ccc(OC(=O)CCCC=CCC2[C@@H](OCc3ccc(-c4ccccc4)cc3)C[C@@H](O)[C@@H]2N2CCOCC2)cc1. The van der Waals surface area contributed by atoms with E-state index in [9.17, 15) is 14.7 Å². The molecule has 1 aliphatic carbocycles. The molecule has 1 heterocycles. The molecule has 8 heteroatoms. The van der Waals surface area contributed by atoms with Crippen molar-refractivity contribution in [2.45, 2.75) is 63.9 Å². The molecule has 1 amide bonds. The summed E-state index contributed by atoms with van der Waals surface area (Å²) < 4.78 is 17.5. The van der Waals surface area contributed by atoms with Gasteiger partial charge < -0.3 is 24.6 Å². The second-order valence-electron chi connectivity index (χ2n) is 11.8. The normalized spacial score (nSPS) is 22.0. The lowest BCUT2D eigenvalue weighted by atomic mass is 9.94. The molecule has 238 valence electrons. The highest BCUT2D eigenvalue weighted by molar-refractivity contribution is 5.88. The van der Waals surface area contributed by atoms with Crippen LogP contribution in [-0.2, 0) is 25.7 Å². The number of hydrogen-bond donors (Lipinski definition) is 2. The second kappa shape index (κ2) is 16.5. The summed E-state index contributed by atoms with van der Waals surface area (Å²) in [7, 11) is 0. The van der Waals surface area contributed by atoms with Crippen molar-refractivity contribution in [2.75, 3.05) is 31.6 Å². The Labute approximate surface area is 266 Å². The molecule has 4 atom stereocenters. The van der Waals surface area contributed by atoms with E-state index in [0.717, 1.165) is 31.5 Å². The summed E-state index contributed by atoms with van der Waals surface area (Å²) >= 11 is 0. The minimum Gasteiger partial charge on any atom is -0.427 e. The van der Waals surface area contributed by atoms with Crippen LogP contribution in [0.4, 0.5) is 5.69 Å². The third-order valence-corrected chi connectivity index (χ3v) is 8.51. The molecule has 1 saturated heterocycles. The van der Waals surface area contributed by atoms with Gasteiger partial charge in [-0.3, -0.25) is 14.5 Å². The standard InChI is InChI=1S/C37H44N2O6/c1-27(40)38-31-17-19-32(20-18-31)45-36(42)12-8-3-2-7-11-33-35(25-34(41)37(33)39-21-23-43-24-22-39)44-26-28-13-15-30(16-14-28)29-9-5-4-6-10-29/h2,4-7,9-10,13-20,33-35,37,41H,3,8,11-12,21-26H2,1H3,(H,38,40)/t33?,34-,35+,37-/m1/s1. The molecule has 2 fully saturated rings. The molecular weight excluding hydrogens is 568 g/mol. The number of esters is 1. The smallest absolute Gasteiger partial charge is 0.311 e. The Kier molecular flexibility index (Phi) is 11.9. The predicted molar refractivity (Wildman–Crippen MR) is 175 cm³/mol. The Balaban J connectivity index is 1.12. The number of aliphatic hydroxyl groups excluding tert-OH is 1. The first-order chi connectivity index (χ1) is 22.0. The highest BCUT2D eigenvalue weighted by Crippen LogP contribution is 2.36. The fourth-order valence-corrected chi connectivity index (χ4v) is 6.28. The fourth-order valence-electron chi connectivity index (χ4n) is 6.28. The molecule has 0 bridgehead atoms. The van der Waals surface area contributed by atoms with Crippen LogP contribution in [0, 0.1) is 5.92 Å². The van der Waals surface area contributed by atoms with Gasteiger partial charge in [-0.15, -0.1) is 0 Å². The number of morpholine rings is 1. The first kappa shape index (κ1) is 32.6. The molecule has 0 aromatic heterocycles. The third kappa shape index (κ3) is 9.58. The zero-order valence-corrected chi connectivity index (χ0v) is 26.0. The third-order valence-electron chi connectivity index (χ3n) is 8.51. The van der Waals surface area contributed by atoms with Gasteiger partial charge in [-0.05, 0) is 60.2 Å². The van der Waals surface area contributed by atoms with Crippen LogP contribution < -0.4 is 10.1 Å². The van der Waals surface area contributed by atoms with Crippen LogP contribution in [0.25, 0.3) is 11.1 Å². The molecule has 3 aromatic carbocycles. The number of amides is 1. The summed E-state index contributed by atoms with van der Waals surface area (Å²) in [5.41, 5.74) is 4.14. The highest BCUT2D eigenvalue weighted by atomic mass is 16.5. The minimum atomic E-state index is -0.450. The Bertz CT molecular complexity index is 1390. The first-order valence-corrected chi connectivity index (χ1v) is 16.0. The predicted octanol–water partition coefficient (Wildman–Crippen LogP) is 6.00. The summed E-state index contributed by atoms with van der Waals surface area (Å²) in [6, 6.07) is 25.6. The van der Waals surface area contributed by atoms with E-state index in [1.165, 1.54) is 18.1 Å². The lowest BCUT2D eigenvalue weighted by Gasteiger charge is -2.37. The van der Waals surface area contributed by atoms with Gasteiger partial charge in [-0.1, -0.05) is 66.7 Å². The monoisotopic (exact) mass is 612 g/mol. The second-order valence-corrected chi connectivity index (χ2v) is 11.8. The van der Waals surface area contributed by atoms with Crippen LogP contribution in [0.1, 0.15) is 44.6 Å². The van der Waals surface area contributed by atoms with Gasteiger partial charge in [0.05, 0.1) is 32.0 Å². The molecule has 0 spiro atoms. The Morgan fingerprint density at radius 1 is 0.956 bits per heavy atom. The topological polar surface area (TPSA) is 97.3 Å². The van der Waals surface area contributed by atoms with Gasteiger partial charge >= 0.3 is 5.97 Å². The van der Waals surface area contributed by atoms with E-state index in [4.69, 9.17) is 14.2 Å². The maximum Gasteiger partial charge on any atom is 0.311 e. The molecule has 3 aromatic rings. The van der Waals surface area contributed by atoms with Crippen molar-refractivity contribution in [1.82, 2.24) is 4.90 Å². The number of hydrogen-bond acceptors (Lipinski definition) is 7. The Morgan fingerprint density at radius 2 is 1.67 bits per heavy atom. The van der Waals surface area contributed by atoms with E-state index in [1.807, 2.05) is 18.2 Å². The Hall–Kier alpha value is -3.82. The van der Waals surface area contributed by atoms with E-state index in [0.29, 0.717) is 50.5 Å². The summed E-state index contributed by atoms with van der Waals surface area (Å²) in [6.07, 6.45) is 6.94. The summed E-state index contributed by atoms with van der Waals surface area (Å²) in [5.74, 6) is 0.175. The zero-order chi connectivity index (χ0) is 31.4. The highest BCUT2D eigenvalue weighted by Gasteiger charge is 2.45. The molecule has 1 saturated carbocycles. The number of ether oxygens (including phenoxy) is 3. The number of unbranched alkanes of at least 4 members (excludes halogenated alkanes) is 1. The number of nitrogens with zero attached hydrogens (tertiary/aromatic N) is 1. The van der Waals surface area contributed by atoms with E-state index >= 15 is 0 Å². The number of benzene rings is 3. The number of aliphatic hydroxyl groups is 1. The van der Waals surface area contributed by atoms with Crippen molar-refractivity contribution in [2.24, 2.45) is 5.92 Å². The van der Waals surface area contributed by atoms with E-state index in [-0.39, 0.29) is 29.9 Å². The van der Waals surface area contributed by atoms with E-state index < -0.39 is 6.10 Å². The molecule has 1 unspecified atom stereocenters. The van der Waals surface area contributed by atoms with Crippen LogP contribution in [0.5, 0.6) is 5.75 Å². The van der Waals surface area contributed by atoms with Gasteiger partial charge in [0.15, 0.2) is 0 Å². The molecule has 8 nitrogen and oxygen atoms in total. The van der Waals surface area contributed by atoms with Gasteiger partial charge in [0, 0.05) is 50.5 Å². The fraction of sp³-hybridized carbons (Fsp3) is 0.405. The quantitative estimate of drug-likeness (QED) is 0.106. The van der Waals surface area contributed by atoms with Gasteiger partial charge in [-0.2, -0.15) is 0 Å². The maximum atomic E-state index is 12.3. The number of allylic oxidation sites excluding steroid dienone is 2. The molecule has 2 aliphatic rings. The average Bonchev–Trinajstić information content (AvgIpc) is 3.37. The largest absolute Gasteiger partial charge is 0.427 e. The van der Waals surface area contributed by atoms with Gasteiger partial charge in [0.2, 0.25) is 5.91 Å². The molecule has 0 radical (unpaired) electrons.